The summed E-state index contributed by atoms with van der Waals surface area (Å²) >= 11 is 5.11. The Morgan fingerprint density at radius 3 is 2.87 bits per heavy atom. The standard InChI is InChI=1S/C15H22BrN5OS/c1-4-17-14(18-7-13-5-12(16)9-23-13)19-10-15(2,22)11-6-20-21(3)8-11/h5-6,8-9,22H,4,7,10H2,1-3H3,(H2,17,18,19). The van der Waals surface area contributed by atoms with Gasteiger partial charge in [0.25, 0.3) is 0 Å². The predicted octanol–water partition coefficient (Wildman–Crippen LogP) is 2.21. The number of aromatic nitrogens is 2. The van der Waals surface area contributed by atoms with E-state index in [1.807, 2.05) is 25.5 Å². The zero-order valence-corrected chi connectivity index (χ0v) is 15.9. The number of hydrogen-bond donors (Lipinski definition) is 3. The van der Waals surface area contributed by atoms with Gasteiger partial charge in [-0.3, -0.25) is 4.68 Å². The molecule has 1 unspecified atom stereocenters. The van der Waals surface area contributed by atoms with E-state index < -0.39 is 5.60 Å². The van der Waals surface area contributed by atoms with Gasteiger partial charge in [-0.05, 0) is 35.8 Å². The molecule has 0 amide bonds. The Labute approximate surface area is 148 Å². The van der Waals surface area contributed by atoms with E-state index in [4.69, 9.17) is 0 Å². The summed E-state index contributed by atoms with van der Waals surface area (Å²) in [5, 5.41) is 23.1. The fourth-order valence-corrected chi connectivity index (χ4v) is 3.37. The first-order chi connectivity index (χ1) is 10.9. The number of aliphatic hydroxyl groups is 1. The maximum absolute atomic E-state index is 10.6. The maximum Gasteiger partial charge on any atom is 0.191 e. The van der Waals surface area contributed by atoms with Crippen LogP contribution in [-0.2, 0) is 19.2 Å². The Morgan fingerprint density at radius 1 is 1.52 bits per heavy atom. The highest BCUT2D eigenvalue weighted by Crippen LogP contribution is 2.20. The second kappa shape index (κ2) is 7.94. The molecule has 0 aromatic carbocycles. The first-order valence-electron chi connectivity index (χ1n) is 7.37. The van der Waals surface area contributed by atoms with Crippen LogP contribution in [0.5, 0.6) is 0 Å². The van der Waals surface area contributed by atoms with Crippen molar-refractivity contribution in [3.05, 3.63) is 38.8 Å². The summed E-state index contributed by atoms with van der Waals surface area (Å²) in [5.74, 6) is 0.682. The van der Waals surface area contributed by atoms with Gasteiger partial charge < -0.3 is 15.7 Å². The zero-order valence-electron chi connectivity index (χ0n) is 13.5. The average molecular weight is 400 g/mol. The third-order valence-electron chi connectivity index (χ3n) is 3.29. The summed E-state index contributed by atoms with van der Waals surface area (Å²) in [6.07, 6.45) is 3.49. The number of rotatable bonds is 6. The molecule has 23 heavy (non-hydrogen) atoms. The average Bonchev–Trinajstić information content (AvgIpc) is 3.11. The fraction of sp³-hybridized carbons (Fsp3) is 0.467. The van der Waals surface area contributed by atoms with Crippen molar-refractivity contribution in [1.29, 1.82) is 0 Å². The number of thiophene rings is 1. The highest BCUT2D eigenvalue weighted by atomic mass is 79.9. The van der Waals surface area contributed by atoms with E-state index in [0.29, 0.717) is 19.0 Å². The summed E-state index contributed by atoms with van der Waals surface area (Å²) in [4.78, 5) is 5.73. The molecule has 0 radical (unpaired) electrons. The van der Waals surface area contributed by atoms with Gasteiger partial charge in [-0.2, -0.15) is 5.10 Å². The molecule has 2 heterocycles. The first-order valence-corrected chi connectivity index (χ1v) is 9.04. The molecular formula is C15H22BrN5OS. The summed E-state index contributed by atoms with van der Waals surface area (Å²) in [6.45, 7) is 5.48. The number of guanidine groups is 1. The quantitative estimate of drug-likeness (QED) is 0.514. The molecule has 126 valence electrons. The SMILES string of the molecule is CCNC(=NCc1cc(Br)cs1)NCC(C)(O)c1cnn(C)c1. The van der Waals surface area contributed by atoms with Crippen LogP contribution in [-0.4, -0.2) is 33.9 Å². The van der Waals surface area contributed by atoms with E-state index >= 15 is 0 Å². The van der Waals surface area contributed by atoms with Gasteiger partial charge in [0.2, 0.25) is 0 Å². The minimum atomic E-state index is -1.02. The summed E-state index contributed by atoms with van der Waals surface area (Å²) < 4.78 is 2.75. The fourth-order valence-electron chi connectivity index (χ4n) is 1.99. The first kappa shape index (κ1) is 18.0. The predicted molar refractivity (Wildman–Crippen MR) is 97.6 cm³/mol. The molecule has 3 N–H and O–H groups in total. The molecule has 1 atom stereocenters. The van der Waals surface area contributed by atoms with Gasteiger partial charge in [0, 0.05) is 40.1 Å². The second-order valence-corrected chi connectivity index (χ2v) is 7.37. The van der Waals surface area contributed by atoms with Crippen molar-refractivity contribution < 1.29 is 5.11 Å². The van der Waals surface area contributed by atoms with E-state index in [1.165, 1.54) is 4.88 Å². The monoisotopic (exact) mass is 399 g/mol. The van der Waals surface area contributed by atoms with Crippen molar-refractivity contribution >= 4 is 33.2 Å². The van der Waals surface area contributed by atoms with Crippen LogP contribution in [0, 0.1) is 0 Å². The Bertz CT molecular complexity index is 664. The summed E-state index contributed by atoms with van der Waals surface area (Å²) in [7, 11) is 1.83. The van der Waals surface area contributed by atoms with Gasteiger partial charge in [0.1, 0.15) is 5.60 Å². The number of aliphatic imine (C=N–C) groups is 1. The minimum absolute atomic E-state index is 0.346. The molecule has 0 bridgehead atoms. The van der Waals surface area contributed by atoms with E-state index in [2.05, 4.69) is 42.7 Å². The van der Waals surface area contributed by atoms with Gasteiger partial charge in [-0.1, -0.05) is 0 Å². The third kappa shape index (κ3) is 5.33. The van der Waals surface area contributed by atoms with Crippen molar-refractivity contribution in [3.63, 3.8) is 0 Å². The number of halogens is 1. The molecule has 0 saturated heterocycles. The van der Waals surface area contributed by atoms with Crippen LogP contribution in [0.15, 0.2) is 33.3 Å². The summed E-state index contributed by atoms with van der Waals surface area (Å²) in [6, 6.07) is 2.06. The number of aryl methyl sites for hydroxylation is 1. The Hall–Kier alpha value is -1.38. The van der Waals surface area contributed by atoms with E-state index in [9.17, 15) is 5.11 Å². The van der Waals surface area contributed by atoms with Gasteiger partial charge in [-0.15, -0.1) is 11.3 Å². The van der Waals surface area contributed by atoms with Crippen LogP contribution in [0.2, 0.25) is 0 Å². The lowest BCUT2D eigenvalue weighted by molar-refractivity contribution is 0.0616. The van der Waals surface area contributed by atoms with Crippen molar-refractivity contribution in [1.82, 2.24) is 20.4 Å². The van der Waals surface area contributed by atoms with E-state index in [-0.39, 0.29) is 0 Å². The normalized spacial score (nSPS) is 14.6. The highest BCUT2D eigenvalue weighted by Gasteiger charge is 2.24. The van der Waals surface area contributed by atoms with Crippen LogP contribution in [0.4, 0.5) is 0 Å². The van der Waals surface area contributed by atoms with Crippen LogP contribution < -0.4 is 10.6 Å². The van der Waals surface area contributed by atoms with E-state index in [0.717, 1.165) is 16.6 Å². The maximum atomic E-state index is 10.6. The Balaban J connectivity index is 1.98. The number of nitrogens with zero attached hydrogens (tertiary/aromatic N) is 3. The van der Waals surface area contributed by atoms with Gasteiger partial charge in [0.15, 0.2) is 5.96 Å². The molecule has 0 saturated carbocycles. The molecule has 0 fully saturated rings. The zero-order chi connectivity index (χ0) is 16.9. The molecule has 0 aliphatic carbocycles. The lowest BCUT2D eigenvalue weighted by Crippen LogP contribution is -2.44. The number of hydrogen-bond acceptors (Lipinski definition) is 4. The number of nitrogens with one attached hydrogen (secondary N) is 2. The molecule has 2 rings (SSSR count). The molecule has 2 aromatic heterocycles. The van der Waals surface area contributed by atoms with Gasteiger partial charge in [0.05, 0.1) is 19.3 Å². The van der Waals surface area contributed by atoms with Crippen molar-refractivity contribution in [2.75, 3.05) is 13.1 Å². The molecule has 8 heteroatoms. The minimum Gasteiger partial charge on any atom is -0.383 e. The molecule has 6 nitrogen and oxygen atoms in total. The molecular weight excluding hydrogens is 378 g/mol. The van der Waals surface area contributed by atoms with Gasteiger partial charge in [-0.25, -0.2) is 4.99 Å². The second-order valence-electron chi connectivity index (χ2n) is 5.46. The van der Waals surface area contributed by atoms with Crippen molar-refractivity contribution in [2.24, 2.45) is 12.0 Å². The van der Waals surface area contributed by atoms with Gasteiger partial charge >= 0.3 is 0 Å². The summed E-state index contributed by atoms with van der Waals surface area (Å²) in [5.41, 5.74) is -0.248. The van der Waals surface area contributed by atoms with Crippen LogP contribution >= 0.6 is 27.3 Å². The Kier molecular flexibility index (Phi) is 6.20. The molecule has 0 spiro atoms. The smallest absolute Gasteiger partial charge is 0.191 e. The lowest BCUT2D eigenvalue weighted by Gasteiger charge is -2.23. The third-order valence-corrected chi connectivity index (χ3v) is 4.97. The van der Waals surface area contributed by atoms with Crippen LogP contribution in [0.1, 0.15) is 24.3 Å². The molecule has 0 aliphatic heterocycles. The van der Waals surface area contributed by atoms with Crippen molar-refractivity contribution in [2.45, 2.75) is 26.0 Å². The molecule has 2 aromatic rings. The highest BCUT2D eigenvalue weighted by molar-refractivity contribution is 9.10. The molecule has 0 aliphatic rings. The Morgan fingerprint density at radius 2 is 2.30 bits per heavy atom. The van der Waals surface area contributed by atoms with Crippen molar-refractivity contribution in [3.8, 4) is 0 Å². The topological polar surface area (TPSA) is 74.5 Å². The lowest BCUT2D eigenvalue weighted by atomic mass is 10.00. The van der Waals surface area contributed by atoms with Crippen LogP contribution in [0.25, 0.3) is 0 Å². The van der Waals surface area contributed by atoms with Crippen LogP contribution in [0.3, 0.4) is 0 Å². The van der Waals surface area contributed by atoms with E-state index in [1.54, 1.807) is 29.1 Å². The largest absolute Gasteiger partial charge is 0.383 e.